The van der Waals surface area contributed by atoms with Gasteiger partial charge in [0.05, 0.1) is 25.4 Å². The normalized spacial score (nSPS) is 25.2. The zero-order chi connectivity index (χ0) is 30.4. The lowest BCUT2D eigenvalue weighted by Gasteiger charge is -2.54. The Morgan fingerprint density at radius 2 is 1.83 bits per heavy atom. The molecule has 8 nitrogen and oxygen atoms in total. The van der Waals surface area contributed by atoms with E-state index >= 15 is 0 Å². The number of carbonyl (C=O) groups excluding carboxylic acids is 4. The molecule has 0 aliphatic heterocycles. The van der Waals surface area contributed by atoms with Crippen LogP contribution >= 0.6 is 0 Å². The molecule has 3 aliphatic rings. The maximum atomic E-state index is 13.1. The fourth-order valence-corrected chi connectivity index (χ4v) is 7.94. The van der Waals surface area contributed by atoms with E-state index in [4.69, 9.17) is 13.9 Å². The van der Waals surface area contributed by atoms with E-state index in [2.05, 4.69) is 13.8 Å². The largest absolute Gasteiger partial charge is 0.507 e. The van der Waals surface area contributed by atoms with Crippen LogP contribution in [0.2, 0.25) is 0 Å². The Balaban J connectivity index is 1.56. The quantitative estimate of drug-likeness (QED) is 0.283. The van der Waals surface area contributed by atoms with Crippen molar-refractivity contribution in [1.82, 2.24) is 0 Å². The van der Waals surface area contributed by atoms with Gasteiger partial charge in [0.2, 0.25) is 0 Å². The third-order valence-corrected chi connectivity index (χ3v) is 9.90. The molecule has 2 aromatic rings. The molecule has 5 rings (SSSR count). The van der Waals surface area contributed by atoms with Gasteiger partial charge in [-0.2, -0.15) is 0 Å². The van der Waals surface area contributed by atoms with Crippen LogP contribution in [-0.2, 0) is 20.7 Å². The highest BCUT2D eigenvalue weighted by atomic mass is 16.5. The summed E-state index contributed by atoms with van der Waals surface area (Å²) in [5.41, 5.74) is 2.53. The second-order valence-corrected chi connectivity index (χ2v) is 12.2. The number of phenolic OH excluding ortho intramolecular Hbond substituents is 1. The maximum Gasteiger partial charge on any atom is 0.342 e. The summed E-state index contributed by atoms with van der Waals surface area (Å²) in [4.78, 5) is 51.9. The summed E-state index contributed by atoms with van der Waals surface area (Å²) in [5.74, 6) is -1.92. The van der Waals surface area contributed by atoms with Crippen molar-refractivity contribution in [1.29, 1.82) is 0 Å². The Bertz CT molecular complexity index is 1540. The summed E-state index contributed by atoms with van der Waals surface area (Å²) in [6, 6.07) is 2.94. The number of benzene rings is 1. The molecule has 0 radical (unpaired) electrons. The van der Waals surface area contributed by atoms with Gasteiger partial charge in [0.1, 0.15) is 17.1 Å². The molecule has 8 heteroatoms. The van der Waals surface area contributed by atoms with Crippen LogP contribution in [0.4, 0.5) is 0 Å². The second kappa shape index (κ2) is 11.0. The number of fused-ring (bicyclic) bond motifs is 2. The van der Waals surface area contributed by atoms with Gasteiger partial charge in [0, 0.05) is 16.7 Å². The smallest absolute Gasteiger partial charge is 0.342 e. The predicted octanol–water partition coefficient (Wildman–Crippen LogP) is 6.79. The van der Waals surface area contributed by atoms with Crippen molar-refractivity contribution in [2.45, 2.75) is 72.6 Å². The number of phenols is 1. The van der Waals surface area contributed by atoms with Crippen LogP contribution in [0.5, 0.6) is 5.75 Å². The third-order valence-electron chi connectivity index (χ3n) is 9.90. The number of hydrogen-bond donors (Lipinski definition) is 1. The molecular formula is C34H38O8. The topological polar surface area (TPSA) is 120 Å². The summed E-state index contributed by atoms with van der Waals surface area (Å²) in [6.07, 6.45) is 9.56. The molecule has 0 amide bonds. The van der Waals surface area contributed by atoms with Gasteiger partial charge in [-0.15, -0.1) is 0 Å². The number of allylic oxidation sites excluding steroid dienone is 4. The highest BCUT2D eigenvalue weighted by Crippen LogP contribution is 2.60. The van der Waals surface area contributed by atoms with E-state index in [0.29, 0.717) is 12.8 Å². The number of aryl methyl sites for hydroxylation is 1. The molecule has 1 saturated carbocycles. The number of aromatic hydroxyl groups is 1. The Hall–Kier alpha value is -3.94. The fraction of sp³-hybridized carbons (Fsp3) is 0.471. The lowest BCUT2D eigenvalue weighted by atomic mass is 9.49. The minimum atomic E-state index is -0.810. The summed E-state index contributed by atoms with van der Waals surface area (Å²) in [6.45, 7) is 8.19. The van der Waals surface area contributed by atoms with Gasteiger partial charge < -0.3 is 19.0 Å². The summed E-state index contributed by atoms with van der Waals surface area (Å²) in [7, 11) is 1.46. The van der Waals surface area contributed by atoms with Crippen LogP contribution in [0.3, 0.4) is 0 Å². The number of ether oxygens (including phenoxy) is 2. The van der Waals surface area contributed by atoms with Gasteiger partial charge in [-0.1, -0.05) is 24.5 Å². The summed E-state index contributed by atoms with van der Waals surface area (Å²) in [5, 5.41) is 10.9. The Morgan fingerprint density at radius 3 is 2.55 bits per heavy atom. The van der Waals surface area contributed by atoms with Crippen molar-refractivity contribution in [2.75, 3.05) is 13.7 Å². The molecule has 42 heavy (non-hydrogen) atoms. The van der Waals surface area contributed by atoms with E-state index in [-0.39, 0.29) is 51.9 Å². The van der Waals surface area contributed by atoms with Crippen LogP contribution in [0.25, 0.3) is 11.3 Å². The first-order valence-corrected chi connectivity index (χ1v) is 14.7. The molecule has 0 spiro atoms. The van der Waals surface area contributed by atoms with E-state index in [9.17, 15) is 24.3 Å². The number of carbonyl (C=O) groups is 4. The molecule has 222 valence electrons. The first-order valence-electron chi connectivity index (χ1n) is 14.7. The van der Waals surface area contributed by atoms with E-state index in [0.717, 1.165) is 49.8 Å². The standard InChI is InChI=1S/C34H38O8/c1-6-41-31(38)28-25(37)18-21-23(35)11-12-24(36)27(21)29(28)30-20(14-17-42-30)9-10-22-19(2)8-13-26-33(22,3)15-7-16-34(26,4)32(39)40-5/h11-12,14,17-18,26,37H,6-10,13,15-16H2,1-5H3/t26-,33-,34+/m1/s1. The average Bonchev–Trinajstić information content (AvgIpc) is 3.41. The highest BCUT2D eigenvalue weighted by Gasteiger charge is 2.55. The van der Waals surface area contributed by atoms with Crippen molar-refractivity contribution in [3.05, 3.63) is 63.9 Å². The minimum absolute atomic E-state index is 0.0101. The van der Waals surface area contributed by atoms with Crippen molar-refractivity contribution in [3.8, 4) is 17.1 Å². The molecule has 3 aliphatic carbocycles. The number of furan rings is 1. The van der Waals surface area contributed by atoms with Gasteiger partial charge in [-0.3, -0.25) is 14.4 Å². The Kier molecular flexibility index (Phi) is 7.77. The zero-order valence-corrected chi connectivity index (χ0v) is 24.9. The average molecular weight is 575 g/mol. The van der Waals surface area contributed by atoms with Crippen molar-refractivity contribution < 1.29 is 38.2 Å². The van der Waals surface area contributed by atoms with Crippen LogP contribution in [-0.4, -0.2) is 42.3 Å². The van der Waals surface area contributed by atoms with Gasteiger partial charge in [0.15, 0.2) is 11.6 Å². The first kappa shape index (κ1) is 29.5. The zero-order valence-electron chi connectivity index (χ0n) is 24.9. The van der Waals surface area contributed by atoms with Gasteiger partial charge >= 0.3 is 11.9 Å². The van der Waals surface area contributed by atoms with E-state index < -0.39 is 28.7 Å². The molecule has 1 aromatic carbocycles. The van der Waals surface area contributed by atoms with Gasteiger partial charge in [-0.05, 0) is 100 Å². The summed E-state index contributed by atoms with van der Waals surface area (Å²) >= 11 is 0. The molecule has 1 heterocycles. The van der Waals surface area contributed by atoms with Crippen LogP contribution < -0.4 is 0 Å². The second-order valence-electron chi connectivity index (χ2n) is 12.2. The number of methoxy groups -OCH3 is 1. The predicted molar refractivity (Wildman–Crippen MR) is 155 cm³/mol. The molecule has 0 unspecified atom stereocenters. The number of esters is 2. The van der Waals surface area contributed by atoms with E-state index in [1.807, 2.05) is 6.92 Å². The first-order chi connectivity index (χ1) is 20.0. The van der Waals surface area contributed by atoms with E-state index in [1.54, 1.807) is 13.0 Å². The number of ketones is 2. The van der Waals surface area contributed by atoms with E-state index in [1.165, 1.54) is 30.6 Å². The van der Waals surface area contributed by atoms with Gasteiger partial charge in [-0.25, -0.2) is 4.79 Å². The fourth-order valence-electron chi connectivity index (χ4n) is 7.94. The monoisotopic (exact) mass is 574 g/mol. The molecule has 1 fully saturated rings. The lowest BCUT2D eigenvalue weighted by Crippen LogP contribution is -2.50. The third kappa shape index (κ3) is 4.61. The molecule has 0 saturated heterocycles. The molecule has 1 N–H and O–H groups in total. The molecular weight excluding hydrogens is 536 g/mol. The van der Waals surface area contributed by atoms with Crippen molar-refractivity contribution in [3.63, 3.8) is 0 Å². The van der Waals surface area contributed by atoms with Gasteiger partial charge in [0.25, 0.3) is 0 Å². The molecule has 1 aromatic heterocycles. The Labute approximate surface area is 245 Å². The maximum absolute atomic E-state index is 13.1. The SMILES string of the molecule is CCOC(=O)c1c(O)cc2c(c1-c1occc1CCC1=C(C)CC[C@H]3[C@@](C)(C(=O)OC)CCC[C@]13C)C(=O)C=CC2=O. The lowest BCUT2D eigenvalue weighted by molar-refractivity contribution is -0.163. The minimum Gasteiger partial charge on any atom is -0.507 e. The number of hydrogen-bond acceptors (Lipinski definition) is 8. The van der Waals surface area contributed by atoms with Crippen molar-refractivity contribution >= 4 is 23.5 Å². The molecule has 3 atom stereocenters. The van der Waals surface area contributed by atoms with Crippen LogP contribution in [0.1, 0.15) is 103 Å². The highest BCUT2D eigenvalue weighted by molar-refractivity contribution is 6.26. The molecule has 0 bridgehead atoms. The Morgan fingerprint density at radius 1 is 1.10 bits per heavy atom. The van der Waals surface area contributed by atoms with Crippen LogP contribution in [0, 0.1) is 16.7 Å². The van der Waals surface area contributed by atoms with Crippen molar-refractivity contribution in [2.24, 2.45) is 16.7 Å². The number of rotatable bonds is 7. The summed E-state index contributed by atoms with van der Waals surface area (Å²) < 4.78 is 16.4. The van der Waals surface area contributed by atoms with Crippen LogP contribution in [0.15, 0.2) is 46.1 Å².